The lowest BCUT2D eigenvalue weighted by molar-refractivity contribution is -0.115. The van der Waals surface area contributed by atoms with Crippen molar-refractivity contribution >= 4 is 11.6 Å². The van der Waals surface area contributed by atoms with E-state index in [1.807, 2.05) is 85.9 Å². The summed E-state index contributed by atoms with van der Waals surface area (Å²) in [5.74, 6) is -0.0232. The Morgan fingerprint density at radius 2 is 1.38 bits per heavy atom. The van der Waals surface area contributed by atoms with Crippen molar-refractivity contribution < 1.29 is 4.79 Å². The molecule has 29 heavy (non-hydrogen) atoms. The third-order valence-electron chi connectivity index (χ3n) is 4.82. The zero-order valence-corrected chi connectivity index (χ0v) is 16.3. The number of nitrogens with zero attached hydrogens (tertiary/aromatic N) is 1. The summed E-state index contributed by atoms with van der Waals surface area (Å²) in [5, 5.41) is 2.98. The van der Waals surface area contributed by atoms with Crippen molar-refractivity contribution in [2.75, 3.05) is 5.32 Å². The van der Waals surface area contributed by atoms with Gasteiger partial charge in [0.15, 0.2) is 0 Å². The lowest BCUT2D eigenvalue weighted by Crippen LogP contribution is -2.14. The maximum absolute atomic E-state index is 12.4. The van der Waals surface area contributed by atoms with Crippen LogP contribution in [-0.2, 0) is 11.2 Å². The molecular weight excluding hydrogens is 356 g/mol. The molecule has 0 spiro atoms. The van der Waals surface area contributed by atoms with Gasteiger partial charge in [-0.1, -0.05) is 66.7 Å². The van der Waals surface area contributed by atoms with Crippen molar-refractivity contribution in [3.8, 4) is 22.3 Å². The summed E-state index contributed by atoms with van der Waals surface area (Å²) in [6, 6.07) is 30.3. The Hall–Kier alpha value is -3.72. The van der Waals surface area contributed by atoms with Crippen LogP contribution < -0.4 is 5.32 Å². The number of aryl methyl sites for hydroxylation is 1. The minimum Gasteiger partial charge on any atom is -0.326 e. The predicted octanol–water partition coefficient (Wildman–Crippen LogP) is 5.91. The van der Waals surface area contributed by atoms with E-state index in [1.165, 1.54) is 0 Å². The van der Waals surface area contributed by atoms with Crippen LogP contribution in [0.15, 0.2) is 97.2 Å². The molecule has 0 atom stereocenters. The first kappa shape index (κ1) is 18.6. The Bertz CT molecular complexity index is 1100. The molecule has 0 aliphatic carbocycles. The molecule has 0 unspecified atom stereocenters. The van der Waals surface area contributed by atoms with Crippen LogP contribution in [0.2, 0.25) is 0 Å². The van der Waals surface area contributed by atoms with E-state index >= 15 is 0 Å². The normalized spacial score (nSPS) is 10.5. The number of benzene rings is 3. The Balaban J connectivity index is 1.38. The first-order valence-corrected chi connectivity index (χ1v) is 9.65. The Kier molecular flexibility index (Phi) is 5.48. The van der Waals surface area contributed by atoms with Crippen LogP contribution in [-0.4, -0.2) is 10.9 Å². The monoisotopic (exact) mass is 378 g/mol. The highest BCUT2D eigenvalue weighted by Gasteiger charge is 2.06. The molecule has 3 heteroatoms. The standard InChI is InChI=1S/C26H22N2O/c1-19-17-24(15-16-27-19)23-9-7-20(8-10-23)18-26(29)28-25-13-11-22(12-14-25)21-5-3-2-4-6-21/h2-17H,18H2,1H3,(H,28,29). The first-order valence-electron chi connectivity index (χ1n) is 9.65. The van der Waals surface area contributed by atoms with Crippen LogP contribution >= 0.6 is 0 Å². The lowest BCUT2D eigenvalue weighted by Gasteiger charge is -2.08. The molecule has 0 saturated carbocycles. The topological polar surface area (TPSA) is 42.0 Å². The SMILES string of the molecule is Cc1cc(-c2ccc(CC(=O)Nc3ccc(-c4ccccc4)cc3)cc2)ccn1. The van der Waals surface area contributed by atoms with E-state index in [0.717, 1.165) is 39.2 Å². The van der Waals surface area contributed by atoms with Gasteiger partial charge >= 0.3 is 0 Å². The van der Waals surface area contributed by atoms with Crippen LogP contribution in [0.4, 0.5) is 5.69 Å². The molecular formula is C26H22N2O. The fraction of sp³-hybridized carbons (Fsp3) is 0.0769. The third-order valence-corrected chi connectivity index (χ3v) is 4.82. The van der Waals surface area contributed by atoms with E-state index < -0.39 is 0 Å². The highest BCUT2D eigenvalue weighted by Crippen LogP contribution is 2.22. The van der Waals surface area contributed by atoms with E-state index in [2.05, 4.69) is 28.5 Å². The quantitative estimate of drug-likeness (QED) is 0.469. The summed E-state index contributed by atoms with van der Waals surface area (Å²) in [6.45, 7) is 1.98. The second kappa shape index (κ2) is 8.53. The molecule has 3 aromatic carbocycles. The molecule has 142 valence electrons. The van der Waals surface area contributed by atoms with Crippen LogP contribution in [0.3, 0.4) is 0 Å². The van der Waals surface area contributed by atoms with Gasteiger partial charge in [0.2, 0.25) is 5.91 Å². The van der Waals surface area contributed by atoms with Gasteiger partial charge in [-0.2, -0.15) is 0 Å². The van der Waals surface area contributed by atoms with Crippen molar-refractivity contribution in [1.29, 1.82) is 0 Å². The van der Waals surface area contributed by atoms with Gasteiger partial charge in [0, 0.05) is 17.6 Å². The van der Waals surface area contributed by atoms with Gasteiger partial charge in [0.1, 0.15) is 0 Å². The van der Waals surface area contributed by atoms with Crippen molar-refractivity contribution in [3.63, 3.8) is 0 Å². The largest absolute Gasteiger partial charge is 0.326 e. The van der Waals surface area contributed by atoms with Gasteiger partial charge in [0.25, 0.3) is 0 Å². The third kappa shape index (κ3) is 4.77. The molecule has 0 bridgehead atoms. The molecule has 4 rings (SSSR count). The molecule has 0 radical (unpaired) electrons. The number of hydrogen-bond donors (Lipinski definition) is 1. The average molecular weight is 378 g/mol. The lowest BCUT2D eigenvalue weighted by atomic mass is 10.0. The number of aromatic nitrogens is 1. The van der Waals surface area contributed by atoms with E-state index in [0.29, 0.717) is 6.42 Å². The predicted molar refractivity (Wildman–Crippen MR) is 119 cm³/mol. The maximum atomic E-state index is 12.4. The van der Waals surface area contributed by atoms with Crippen LogP contribution in [0.25, 0.3) is 22.3 Å². The number of pyridine rings is 1. The molecule has 1 N–H and O–H groups in total. The average Bonchev–Trinajstić information content (AvgIpc) is 2.75. The van der Waals surface area contributed by atoms with Gasteiger partial charge in [-0.15, -0.1) is 0 Å². The van der Waals surface area contributed by atoms with Gasteiger partial charge < -0.3 is 5.32 Å². The second-order valence-electron chi connectivity index (χ2n) is 7.05. The number of carbonyl (C=O) groups excluding carboxylic acids is 1. The molecule has 0 fully saturated rings. The molecule has 0 aliphatic rings. The van der Waals surface area contributed by atoms with Gasteiger partial charge in [-0.05, 0) is 59.0 Å². The van der Waals surface area contributed by atoms with Crippen LogP contribution in [0.5, 0.6) is 0 Å². The Morgan fingerprint density at radius 1 is 0.759 bits per heavy atom. The van der Waals surface area contributed by atoms with Crippen molar-refractivity contribution in [2.45, 2.75) is 13.3 Å². The smallest absolute Gasteiger partial charge is 0.228 e. The van der Waals surface area contributed by atoms with Crippen LogP contribution in [0, 0.1) is 6.92 Å². The second-order valence-corrected chi connectivity index (χ2v) is 7.05. The molecule has 1 aromatic heterocycles. The minimum atomic E-state index is -0.0232. The zero-order valence-electron chi connectivity index (χ0n) is 16.3. The summed E-state index contributed by atoms with van der Waals surface area (Å²) in [5.41, 5.74) is 7.32. The number of anilines is 1. The Morgan fingerprint density at radius 3 is 2.07 bits per heavy atom. The summed E-state index contributed by atoms with van der Waals surface area (Å²) < 4.78 is 0. The summed E-state index contributed by atoms with van der Waals surface area (Å²) in [7, 11) is 0. The van der Waals surface area contributed by atoms with Crippen LogP contribution in [0.1, 0.15) is 11.3 Å². The summed E-state index contributed by atoms with van der Waals surface area (Å²) in [6.07, 6.45) is 2.16. The molecule has 0 saturated heterocycles. The molecule has 4 aromatic rings. The van der Waals surface area contributed by atoms with E-state index in [1.54, 1.807) is 0 Å². The van der Waals surface area contributed by atoms with Gasteiger partial charge in [-0.3, -0.25) is 9.78 Å². The fourth-order valence-corrected chi connectivity index (χ4v) is 3.31. The summed E-state index contributed by atoms with van der Waals surface area (Å²) in [4.78, 5) is 16.6. The zero-order chi connectivity index (χ0) is 20.1. The van der Waals surface area contributed by atoms with Gasteiger partial charge in [-0.25, -0.2) is 0 Å². The maximum Gasteiger partial charge on any atom is 0.228 e. The number of rotatable bonds is 5. The Labute approximate surface area is 171 Å². The summed E-state index contributed by atoms with van der Waals surface area (Å²) >= 11 is 0. The fourth-order valence-electron chi connectivity index (χ4n) is 3.31. The number of amides is 1. The molecule has 1 heterocycles. The highest BCUT2D eigenvalue weighted by atomic mass is 16.1. The van der Waals surface area contributed by atoms with E-state index in [4.69, 9.17) is 0 Å². The van der Waals surface area contributed by atoms with Crippen molar-refractivity contribution in [3.05, 3.63) is 108 Å². The van der Waals surface area contributed by atoms with Crippen molar-refractivity contribution in [2.24, 2.45) is 0 Å². The van der Waals surface area contributed by atoms with E-state index in [-0.39, 0.29) is 5.91 Å². The molecule has 0 aliphatic heterocycles. The van der Waals surface area contributed by atoms with E-state index in [9.17, 15) is 4.79 Å². The van der Waals surface area contributed by atoms with Gasteiger partial charge in [0.05, 0.1) is 6.42 Å². The number of hydrogen-bond acceptors (Lipinski definition) is 2. The number of nitrogens with one attached hydrogen (secondary N) is 1. The highest BCUT2D eigenvalue weighted by molar-refractivity contribution is 5.92. The number of carbonyl (C=O) groups is 1. The first-order chi connectivity index (χ1) is 14.2. The van der Waals surface area contributed by atoms with Crippen molar-refractivity contribution in [1.82, 2.24) is 4.98 Å². The minimum absolute atomic E-state index is 0.0232. The molecule has 3 nitrogen and oxygen atoms in total. The molecule has 1 amide bonds.